The number of nitrogens with one attached hydrogen (secondary N) is 1. The summed E-state index contributed by atoms with van der Waals surface area (Å²) in [4.78, 5) is 12.0. The van der Waals surface area contributed by atoms with Crippen molar-refractivity contribution in [2.24, 2.45) is 0 Å². The average molecular weight is 313 g/mol. The second kappa shape index (κ2) is 6.20. The SMILES string of the molecule is Cc1ccc(CNC(=O)CCc2c(C)nn3cnnc3c2C)o1. The average Bonchev–Trinajstić information content (AvgIpc) is 3.13. The van der Waals surface area contributed by atoms with E-state index >= 15 is 0 Å². The number of furan rings is 1. The minimum Gasteiger partial charge on any atom is -0.465 e. The van der Waals surface area contributed by atoms with Crippen molar-refractivity contribution in [3.8, 4) is 0 Å². The Morgan fingerprint density at radius 1 is 1.30 bits per heavy atom. The van der Waals surface area contributed by atoms with Gasteiger partial charge in [-0.05, 0) is 44.9 Å². The van der Waals surface area contributed by atoms with Crippen LogP contribution in [0.25, 0.3) is 5.65 Å². The maximum atomic E-state index is 12.0. The Morgan fingerprint density at radius 2 is 2.13 bits per heavy atom. The van der Waals surface area contributed by atoms with Crippen LogP contribution in [0, 0.1) is 20.8 Å². The van der Waals surface area contributed by atoms with Crippen LogP contribution in [0.15, 0.2) is 22.9 Å². The van der Waals surface area contributed by atoms with Crippen molar-refractivity contribution >= 4 is 11.6 Å². The molecule has 3 heterocycles. The van der Waals surface area contributed by atoms with Crippen molar-refractivity contribution in [1.82, 2.24) is 25.1 Å². The van der Waals surface area contributed by atoms with Crippen molar-refractivity contribution in [1.29, 1.82) is 0 Å². The zero-order valence-corrected chi connectivity index (χ0v) is 13.5. The van der Waals surface area contributed by atoms with E-state index in [0.29, 0.717) is 19.4 Å². The molecule has 0 aliphatic heterocycles. The van der Waals surface area contributed by atoms with E-state index in [4.69, 9.17) is 4.42 Å². The molecule has 0 unspecified atom stereocenters. The van der Waals surface area contributed by atoms with Crippen molar-refractivity contribution in [2.45, 2.75) is 40.2 Å². The fourth-order valence-electron chi connectivity index (χ4n) is 2.64. The number of carbonyl (C=O) groups is 1. The minimum atomic E-state index is -0.0146. The van der Waals surface area contributed by atoms with Crippen molar-refractivity contribution in [3.05, 3.63) is 46.8 Å². The summed E-state index contributed by atoms with van der Waals surface area (Å²) in [5.41, 5.74) is 3.69. The van der Waals surface area contributed by atoms with Crippen LogP contribution in [-0.4, -0.2) is 25.7 Å². The van der Waals surface area contributed by atoms with E-state index in [1.807, 2.05) is 32.9 Å². The van der Waals surface area contributed by atoms with Crippen LogP contribution in [-0.2, 0) is 17.8 Å². The number of aromatic nitrogens is 4. The lowest BCUT2D eigenvalue weighted by atomic mass is 10.0. The van der Waals surface area contributed by atoms with Gasteiger partial charge in [0.15, 0.2) is 5.65 Å². The second-order valence-electron chi connectivity index (χ2n) is 5.58. The smallest absolute Gasteiger partial charge is 0.220 e. The molecule has 0 aromatic carbocycles. The number of carbonyl (C=O) groups excluding carboxylic acids is 1. The van der Waals surface area contributed by atoms with Gasteiger partial charge in [0.2, 0.25) is 5.91 Å². The van der Waals surface area contributed by atoms with Gasteiger partial charge in [0.05, 0.1) is 12.2 Å². The van der Waals surface area contributed by atoms with Crippen LogP contribution < -0.4 is 5.32 Å². The minimum absolute atomic E-state index is 0.0146. The summed E-state index contributed by atoms with van der Waals surface area (Å²) < 4.78 is 7.09. The highest BCUT2D eigenvalue weighted by Gasteiger charge is 2.13. The molecule has 0 saturated heterocycles. The van der Waals surface area contributed by atoms with Crippen molar-refractivity contribution in [2.75, 3.05) is 0 Å². The molecule has 0 aliphatic rings. The van der Waals surface area contributed by atoms with Gasteiger partial charge in [0.25, 0.3) is 0 Å². The molecule has 0 atom stereocenters. The van der Waals surface area contributed by atoms with Gasteiger partial charge in [-0.2, -0.15) is 5.10 Å². The molecule has 0 aliphatic carbocycles. The Hall–Kier alpha value is -2.70. The first-order chi connectivity index (χ1) is 11.0. The van der Waals surface area contributed by atoms with Crippen LogP contribution in [0.2, 0.25) is 0 Å². The Labute approximate surface area is 133 Å². The van der Waals surface area contributed by atoms with E-state index in [-0.39, 0.29) is 5.91 Å². The molecule has 0 radical (unpaired) electrons. The number of aryl methyl sites for hydroxylation is 3. The summed E-state index contributed by atoms with van der Waals surface area (Å²) in [5, 5.41) is 15.2. The normalized spacial score (nSPS) is 11.1. The van der Waals surface area contributed by atoms with E-state index in [2.05, 4.69) is 20.6 Å². The third kappa shape index (κ3) is 3.23. The van der Waals surface area contributed by atoms with Crippen LogP contribution in [0.1, 0.15) is 34.8 Å². The van der Waals surface area contributed by atoms with E-state index in [0.717, 1.165) is 34.0 Å². The van der Waals surface area contributed by atoms with E-state index in [9.17, 15) is 4.79 Å². The van der Waals surface area contributed by atoms with Crippen LogP contribution in [0.5, 0.6) is 0 Å². The standard InChI is InChI=1S/C16H19N5O2/c1-10-4-5-13(23-10)8-17-15(22)7-6-14-11(2)16-19-18-9-21(16)20-12(14)3/h4-5,9H,6-8H2,1-3H3,(H,17,22). The number of fused-ring (bicyclic) bond motifs is 1. The summed E-state index contributed by atoms with van der Waals surface area (Å²) >= 11 is 0. The van der Waals surface area contributed by atoms with Gasteiger partial charge in [0, 0.05) is 12.0 Å². The van der Waals surface area contributed by atoms with E-state index < -0.39 is 0 Å². The van der Waals surface area contributed by atoms with Crippen LogP contribution in [0.3, 0.4) is 0 Å². The monoisotopic (exact) mass is 313 g/mol. The summed E-state index contributed by atoms with van der Waals surface area (Å²) in [6.07, 6.45) is 2.60. The number of hydrogen-bond donors (Lipinski definition) is 1. The van der Waals surface area contributed by atoms with Crippen LogP contribution in [0.4, 0.5) is 0 Å². The lowest BCUT2D eigenvalue weighted by Gasteiger charge is -2.10. The molecule has 0 saturated carbocycles. The first-order valence-corrected chi connectivity index (χ1v) is 7.52. The highest BCUT2D eigenvalue weighted by atomic mass is 16.3. The Morgan fingerprint density at radius 3 is 2.87 bits per heavy atom. The highest BCUT2D eigenvalue weighted by molar-refractivity contribution is 5.76. The zero-order valence-electron chi connectivity index (χ0n) is 13.5. The number of hydrogen-bond acceptors (Lipinski definition) is 5. The van der Waals surface area contributed by atoms with E-state index in [1.54, 1.807) is 10.8 Å². The molecule has 3 aromatic rings. The molecule has 0 bridgehead atoms. The predicted octanol–water partition coefficient (Wildman–Crippen LogP) is 1.89. The van der Waals surface area contributed by atoms with Gasteiger partial charge < -0.3 is 9.73 Å². The lowest BCUT2D eigenvalue weighted by Crippen LogP contribution is -2.23. The number of amides is 1. The maximum Gasteiger partial charge on any atom is 0.220 e. The molecule has 23 heavy (non-hydrogen) atoms. The Bertz CT molecular complexity index is 849. The number of rotatable bonds is 5. The molecule has 3 aromatic heterocycles. The zero-order chi connectivity index (χ0) is 16.4. The molecule has 0 fully saturated rings. The fourth-order valence-corrected chi connectivity index (χ4v) is 2.64. The quantitative estimate of drug-likeness (QED) is 0.777. The van der Waals surface area contributed by atoms with E-state index in [1.165, 1.54) is 0 Å². The number of nitrogens with zero attached hydrogens (tertiary/aromatic N) is 4. The molecule has 120 valence electrons. The molecule has 1 N–H and O–H groups in total. The Kier molecular flexibility index (Phi) is 4.10. The first kappa shape index (κ1) is 15.2. The topological polar surface area (TPSA) is 85.3 Å². The van der Waals surface area contributed by atoms with Crippen molar-refractivity contribution < 1.29 is 9.21 Å². The van der Waals surface area contributed by atoms with Gasteiger partial charge in [-0.1, -0.05) is 0 Å². The second-order valence-corrected chi connectivity index (χ2v) is 5.58. The fraction of sp³-hybridized carbons (Fsp3) is 0.375. The molecular formula is C16H19N5O2. The highest BCUT2D eigenvalue weighted by Crippen LogP contribution is 2.17. The molecule has 7 heteroatoms. The molecule has 0 spiro atoms. The lowest BCUT2D eigenvalue weighted by molar-refractivity contribution is -0.121. The van der Waals surface area contributed by atoms with Gasteiger partial charge in [-0.15, -0.1) is 10.2 Å². The Balaban J connectivity index is 1.62. The molecule has 1 amide bonds. The largest absolute Gasteiger partial charge is 0.465 e. The summed E-state index contributed by atoms with van der Waals surface area (Å²) in [6.45, 7) is 6.21. The maximum absolute atomic E-state index is 12.0. The summed E-state index contributed by atoms with van der Waals surface area (Å²) in [7, 11) is 0. The molecule has 7 nitrogen and oxygen atoms in total. The first-order valence-electron chi connectivity index (χ1n) is 7.52. The van der Waals surface area contributed by atoms with Gasteiger partial charge >= 0.3 is 0 Å². The summed E-state index contributed by atoms with van der Waals surface area (Å²) in [6, 6.07) is 3.75. The molecule has 3 rings (SSSR count). The third-order valence-corrected chi connectivity index (χ3v) is 3.87. The summed E-state index contributed by atoms with van der Waals surface area (Å²) in [5.74, 6) is 1.59. The van der Waals surface area contributed by atoms with Gasteiger partial charge in [-0.3, -0.25) is 4.79 Å². The van der Waals surface area contributed by atoms with Crippen LogP contribution >= 0.6 is 0 Å². The third-order valence-electron chi connectivity index (χ3n) is 3.87. The van der Waals surface area contributed by atoms with Crippen molar-refractivity contribution in [3.63, 3.8) is 0 Å². The molecular weight excluding hydrogens is 294 g/mol. The van der Waals surface area contributed by atoms with Gasteiger partial charge in [0.1, 0.15) is 17.8 Å². The predicted molar refractivity (Wildman–Crippen MR) is 83.9 cm³/mol. The van der Waals surface area contributed by atoms with Gasteiger partial charge in [-0.25, -0.2) is 4.52 Å².